The van der Waals surface area contributed by atoms with Crippen LogP contribution in [0.1, 0.15) is 57.8 Å². The molecule has 12 N–H and O–H groups in total. The van der Waals surface area contributed by atoms with Gasteiger partial charge in [0, 0.05) is 6.42 Å². The molecular weight excluding hydrogens is 480 g/mol. The van der Waals surface area contributed by atoms with Gasteiger partial charge < -0.3 is 48.5 Å². The minimum absolute atomic E-state index is 0.0341. The average molecular weight is 519 g/mol. The summed E-state index contributed by atoms with van der Waals surface area (Å²) in [6.45, 7) is 0.698. The van der Waals surface area contributed by atoms with E-state index in [-0.39, 0.29) is 19.3 Å². The number of nitrogens with two attached hydrogens (primary N) is 3. The minimum Gasteiger partial charge on any atom is -0.481 e. The van der Waals surface area contributed by atoms with Crippen LogP contribution in [0.5, 0.6) is 0 Å². The molecule has 0 radical (unpaired) electrons. The highest BCUT2D eigenvalue weighted by Crippen LogP contribution is 2.06. The monoisotopic (exact) mass is 518 g/mol. The number of carbonyl (C=O) groups excluding carboxylic acids is 3. The van der Waals surface area contributed by atoms with Gasteiger partial charge in [0.05, 0.1) is 12.5 Å². The number of amides is 3. The van der Waals surface area contributed by atoms with E-state index in [4.69, 9.17) is 22.3 Å². The number of aliphatic carboxylic acids is 3. The number of carboxylic acid groups (broad SMARTS) is 3. The molecule has 4 atom stereocenters. The number of carboxylic acids is 3. The predicted octanol–water partition coefficient (Wildman–Crippen LogP) is -2.55. The van der Waals surface area contributed by atoms with Crippen molar-refractivity contribution in [2.24, 2.45) is 17.2 Å². The second-order valence-corrected chi connectivity index (χ2v) is 8.23. The van der Waals surface area contributed by atoms with Crippen LogP contribution in [0.15, 0.2) is 0 Å². The van der Waals surface area contributed by atoms with Crippen molar-refractivity contribution in [3.63, 3.8) is 0 Å². The van der Waals surface area contributed by atoms with Crippen molar-refractivity contribution >= 4 is 35.6 Å². The highest BCUT2D eigenvalue weighted by molar-refractivity contribution is 5.95. The molecule has 36 heavy (non-hydrogen) atoms. The van der Waals surface area contributed by atoms with Crippen LogP contribution < -0.4 is 33.2 Å². The lowest BCUT2D eigenvalue weighted by molar-refractivity contribution is -0.144. The van der Waals surface area contributed by atoms with Crippen LogP contribution in [0.25, 0.3) is 0 Å². The molecule has 15 heteroatoms. The van der Waals surface area contributed by atoms with Crippen LogP contribution in [0.3, 0.4) is 0 Å². The van der Waals surface area contributed by atoms with Crippen LogP contribution in [-0.2, 0) is 28.8 Å². The van der Waals surface area contributed by atoms with Crippen molar-refractivity contribution in [3.05, 3.63) is 0 Å². The zero-order valence-corrected chi connectivity index (χ0v) is 20.1. The topological polar surface area (TPSA) is 277 Å². The first-order chi connectivity index (χ1) is 16.9. The summed E-state index contributed by atoms with van der Waals surface area (Å²) in [6.07, 6.45) is 0.631. The van der Waals surface area contributed by atoms with Crippen molar-refractivity contribution in [2.45, 2.75) is 82.0 Å². The number of unbranched alkanes of at least 4 members (excludes halogenated alkanes) is 2. The Labute approximate surface area is 208 Å². The number of nitrogens with one attached hydrogen (secondary N) is 3. The first-order valence-corrected chi connectivity index (χ1v) is 11.7. The standard InChI is InChI=1S/C21H38N6O9/c22-9-3-1-5-12(24)18(32)27-15(11-17(30)31)20(34)25-13(6-2-4-10-23)19(33)26-14(21(35)36)7-8-16(28)29/h12-15H,1-11,22-24H2,(H,25,34)(H,26,33)(H,27,32)(H,28,29)(H,30,31)(H,35,36). The van der Waals surface area contributed by atoms with Crippen LogP contribution >= 0.6 is 0 Å². The molecule has 0 saturated heterocycles. The van der Waals surface area contributed by atoms with Crippen molar-refractivity contribution in [1.29, 1.82) is 0 Å². The van der Waals surface area contributed by atoms with Gasteiger partial charge in [-0.05, 0) is 51.6 Å². The van der Waals surface area contributed by atoms with Crippen LogP contribution in [0.2, 0.25) is 0 Å². The fourth-order valence-corrected chi connectivity index (χ4v) is 3.13. The van der Waals surface area contributed by atoms with E-state index in [1.165, 1.54) is 0 Å². The Morgan fingerprint density at radius 3 is 1.61 bits per heavy atom. The maximum absolute atomic E-state index is 12.8. The third kappa shape index (κ3) is 14.2. The fourth-order valence-electron chi connectivity index (χ4n) is 3.13. The summed E-state index contributed by atoms with van der Waals surface area (Å²) in [7, 11) is 0. The maximum Gasteiger partial charge on any atom is 0.326 e. The molecule has 206 valence electrons. The minimum atomic E-state index is -1.55. The Morgan fingerprint density at radius 1 is 0.611 bits per heavy atom. The van der Waals surface area contributed by atoms with Crippen molar-refractivity contribution < 1.29 is 44.1 Å². The molecule has 15 nitrogen and oxygen atoms in total. The van der Waals surface area contributed by atoms with Crippen LogP contribution in [-0.4, -0.2) is 88.2 Å². The van der Waals surface area contributed by atoms with E-state index in [2.05, 4.69) is 16.0 Å². The molecule has 4 unspecified atom stereocenters. The van der Waals surface area contributed by atoms with Gasteiger partial charge >= 0.3 is 17.9 Å². The first-order valence-electron chi connectivity index (χ1n) is 11.7. The maximum atomic E-state index is 12.8. The van der Waals surface area contributed by atoms with Gasteiger partial charge in [0.1, 0.15) is 18.1 Å². The number of hydrogen-bond donors (Lipinski definition) is 9. The summed E-state index contributed by atoms with van der Waals surface area (Å²) in [5.74, 6) is -6.75. The molecule has 0 bridgehead atoms. The van der Waals surface area contributed by atoms with Gasteiger partial charge in [-0.25, -0.2) is 4.79 Å². The Kier molecular flexibility index (Phi) is 16.4. The summed E-state index contributed by atoms with van der Waals surface area (Å²) in [4.78, 5) is 71.4. The molecule has 0 heterocycles. The Bertz CT molecular complexity index is 764. The van der Waals surface area contributed by atoms with E-state index in [1.807, 2.05) is 0 Å². The van der Waals surface area contributed by atoms with Gasteiger partial charge in [-0.2, -0.15) is 0 Å². The summed E-state index contributed by atoms with van der Waals surface area (Å²) in [5.41, 5.74) is 16.7. The molecular formula is C21H38N6O9. The SMILES string of the molecule is NCCCCC(N)C(=O)NC(CC(=O)O)C(=O)NC(CCCCN)C(=O)NC(CCC(=O)O)C(=O)O. The van der Waals surface area contributed by atoms with Gasteiger partial charge in [0.15, 0.2) is 0 Å². The normalized spacial score (nSPS) is 14.1. The first kappa shape index (κ1) is 32.7. The quantitative estimate of drug-likeness (QED) is 0.0753. The summed E-state index contributed by atoms with van der Waals surface area (Å²) in [6, 6.07) is -5.37. The Balaban J connectivity index is 5.48. The van der Waals surface area contributed by atoms with E-state index in [9.17, 15) is 39.0 Å². The van der Waals surface area contributed by atoms with Gasteiger partial charge in [-0.1, -0.05) is 6.42 Å². The lowest BCUT2D eigenvalue weighted by Crippen LogP contribution is -2.57. The zero-order chi connectivity index (χ0) is 27.7. The Hall–Kier alpha value is -3.30. The summed E-state index contributed by atoms with van der Waals surface area (Å²) >= 11 is 0. The van der Waals surface area contributed by atoms with Crippen LogP contribution in [0.4, 0.5) is 0 Å². The molecule has 0 rings (SSSR count). The van der Waals surface area contributed by atoms with Gasteiger partial charge in [0.2, 0.25) is 17.7 Å². The number of hydrogen-bond acceptors (Lipinski definition) is 9. The summed E-state index contributed by atoms with van der Waals surface area (Å²) < 4.78 is 0. The fraction of sp³-hybridized carbons (Fsp3) is 0.714. The van der Waals surface area contributed by atoms with Crippen molar-refractivity contribution in [1.82, 2.24) is 16.0 Å². The van der Waals surface area contributed by atoms with E-state index >= 15 is 0 Å². The molecule has 0 fully saturated rings. The van der Waals surface area contributed by atoms with Gasteiger partial charge in [0.25, 0.3) is 0 Å². The highest BCUT2D eigenvalue weighted by atomic mass is 16.4. The number of rotatable bonds is 20. The third-order valence-corrected chi connectivity index (χ3v) is 5.16. The smallest absolute Gasteiger partial charge is 0.326 e. The molecule has 0 spiro atoms. The third-order valence-electron chi connectivity index (χ3n) is 5.16. The van der Waals surface area contributed by atoms with Gasteiger partial charge in [-0.15, -0.1) is 0 Å². The second kappa shape index (κ2) is 18.0. The van der Waals surface area contributed by atoms with Crippen molar-refractivity contribution in [3.8, 4) is 0 Å². The molecule has 0 aliphatic heterocycles. The van der Waals surface area contributed by atoms with E-state index in [0.717, 1.165) is 0 Å². The van der Waals surface area contributed by atoms with E-state index in [1.54, 1.807) is 0 Å². The molecule has 0 aromatic carbocycles. The lowest BCUT2D eigenvalue weighted by Gasteiger charge is -2.24. The molecule has 0 aliphatic carbocycles. The van der Waals surface area contributed by atoms with Crippen molar-refractivity contribution in [2.75, 3.05) is 13.1 Å². The Morgan fingerprint density at radius 2 is 1.11 bits per heavy atom. The highest BCUT2D eigenvalue weighted by Gasteiger charge is 2.31. The molecule has 0 aromatic heterocycles. The summed E-state index contributed by atoms with van der Waals surface area (Å²) in [5, 5.41) is 34.1. The van der Waals surface area contributed by atoms with Gasteiger partial charge in [-0.3, -0.25) is 24.0 Å². The molecule has 0 aliphatic rings. The molecule has 0 saturated carbocycles. The second-order valence-electron chi connectivity index (χ2n) is 8.23. The largest absolute Gasteiger partial charge is 0.481 e. The van der Waals surface area contributed by atoms with E-state index in [0.29, 0.717) is 38.8 Å². The number of carbonyl (C=O) groups is 6. The molecule has 3 amide bonds. The predicted molar refractivity (Wildman–Crippen MR) is 126 cm³/mol. The zero-order valence-electron chi connectivity index (χ0n) is 20.1. The van der Waals surface area contributed by atoms with E-state index < -0.39 is 72.6 Å². The van der Waals surface area contributed by atoms with Crippen LogP contribution in [0, 0.1) is 0 Å². The molecule has 0 aromatic rings. The lowest BCUT2D eigenvalue weighted by atomic mass is 10.0. The average Bonchev–Trinajstić information content (AvgIpc) is 2.79.